The van der Waals surface area contributed by atoms with Gasteiger partial charge in [-0.25, -0.2) is 0 Å². The molecule has 2 rings (SSSR count). The molecule has 1 nitrogen and oxygen atoms in total. The van der Waals surface area contributed by atoms with Crippen LogP contribution in [-0.4, -0.2) is 6.36 Å². The lowest BCUT2D eigenvalue weighted by molar-refractivity contribution is -0.274. The molecule has 0 atom stereocenters. The van der Waals surface area contributed by atoms with Crippen molar-refractivity contribution >= 4 is 12.2 Å². The van der Waals surface area contributed by atoms with Gasteiger partial charge in [0.2, 0.25) is 0 Å². The van der Waals surface area contributed by atoms with Gasteiger partial charge in [-0.1, -0.05) is 81.2 Å². The summed E-state index contributed by atoms with van der Waals surface area (Å²) in [6.45, 7) is 2.22. The smallest absolute Gasteiger partial charge is 0.406 e. The van der Waals surface area contributed by atoms with Crippen LogP contribution in [0.25, 0.3) is 12.2 Å². The zero-order chi connectivity index (χ0) is 18.8. The van der Waals surface area contributed by atoms with Gasteiger partial charge in [0.1, 0.15) is 5.75 Å². The quantitative estimate of drug-likeness (QED) is 0.337. The molecule has 4 heteroatoms. The Hall–Kier alpha value is -2.23. The highest BCUT2D eigenvalue weighted by Crippen LogP contribution is 2.23. The summed E-state index contributed by atoms with van der Waals surface area (Å²) in [5, 5.41) is 0. The van der Waals surface area contributed by atoms with Crippen LogP contribution < -0.4 is 4.74 Å². The Morgan fingerprint density at radius 3 is 1.85 bits per heavy atom. The Morgan fingerprint density at radius 1 is 0.769 bits per heavy atom. The number of ether oxygens (including phenoxy) is 1. The fourth-order valence-corrected chi connectivity index (χ4v) is 2.70. The van der Waals surface area contributed by atoms with Crippen molar-refractivity contribution in [1.29, 1.82) is 0 Å². The lowest BCUT2D eigenvalue weighted by Crippen LogP contribution is -2.16. The molecule has 0 radical (unpaired) electrons. The number of hydrogen-bond acceptors (Lipinski definition) is 1. The molecule has 2 aromatic rings. The molecule has 0 aliphatic carbocycles. The second-order valence-corrected chi connectivity index (χ2v) is 6.36. The maximum atomic E-state index is 12.1. The van der Waals surface area contributed by atoms with E-state index in [-0.39, 0.29) is 5.75 Å². The average molecular weight is 362 g/mol. The van der Waals surface area contributed by atoms with Crippen molar-refractivity contribution in [3.8, 4) is 5.75 Å². The van der Waals surface area contributed by atoms with Gasteiger partial charge in [-0.05, 0) is 41.7 Å². The highest BCUT2D eigenvalue weighted by atomic mass is 19.4. The van der Waals surface area contributed by atoms with Crippen molar-refractivity contribution in [3.05, 3.63) is 65.2 Å². The van der Waals surface area contributed by atoms with Gasteiger partial charge in [-0.2, -0.15) is 0 Å². The molecule has 0 N–H and O–H groups in total. The van der Waals surface area contributed by atoms with Crippen LogP contribution in [0.2, 0.25) is 0 Å². The highest BCUT2D eigenvalue weighted by molar-refractivity contribution is 5.69. The van der Waals surface area contributed by atoms with E-state index in [0.29, 0.717) is 0 Å². The van der Waals surface area contributed by atoms with Crippen LogP contribution in [0.1, 0.15) is 55.7 Å². The van der Waals surface area contributed by atoms with Crippen molar-refractivity contribution in [2.45, 2.75) is 51.8 Å². The zero-order valence-electron chi connectivity index (χ0n) is 15.1. The molecule has 0 spiro atoms. The minimum atomic E-state index is -4.66. The third-order valence-corrected chi connectivity index (χ3v) is 4.13. The number of aryl methyl sites for hydroxylation is 1. The number of unbranched alkanes of at least 4 members (excludes halogenated alkanes) is 4. The van der Waals surface area contributed by atoms with E-state index in [4.69, 9.17) is 0 Å². The summed E-state index contributed by atoms with van der Waals surface area (Å²) in [5.41, 5.74) is 3.22. The summed E-state index contributed by atoms with van der Waals surface area (Å²) in [5.74, 6) is -0.210. The van der Waals surface area contributed by atoms with Crippen LogP contribution in [0.15, 0.2) is 48.5 Å². The number of hydrogen-bond donors (Lipinski definition) is 0. The number of alkyl halides is 3. The van der Waals surface area contributed by atoms with Gasteiger partial charge in [-0.15, -0.1) is 13.2 Å². The molecule has 0 saturated heterocycles. The fraction of sp³-hybridized carbons (Fsp3) is 0.364. The van der Waals surface area contributed by atoms with Gasteiger partial charge < -0.3 is 4.74 Å². The van der Waals surface area contributed by atoms with E-state index in [0.717, 1.165) is 17.5 Å². The third kappa shape index (κ3) is 7.77. The van der Waals surface area contributed by atoms with E-state index in [1.807, 2.05) is 12.2 Å². The SMILES string of the molecule is CCCCCCCc1ccc(/C=C/c2ccc(OC(F)(F)F)cc2)cc1. The molecule has 0 saturated carbocycles. The van der Waals surface area contributed by atoms with Gasteiger partial charge in [-0.3, -0.25) is 0 Å². The van der Waals surface area contributed by atoms with Gasteiger partial charge in [0.05, 0.1) is 0 Å². The molecule has 0 unspecified atom stereocenters. The van der Waals surface area contributed by atoms with Crippen molar-refractivity contribution in [2.24, 2.45) is 0 Å². The van der Waals surface area contributed by atoms with Crippen molar-refractivity contribution in [2.75, 3.05) is 0 Å². The monoisotopic (exact) mass is 362 g/mol. The third-order valence-electron chi connectivity index (χ3n) is 4.13. The largest absolute Gasteiger partial charge is 0.573 e. The van der Waals surface area contributed by atoms with E-state index in [1.165, 1.54) is 49.8 Å². The minimum Gasteiger partial charge on any atom is -0.406 e. The summed E-state index contributed by atoms with van der Waals surface area (Å²) in [7, 11) is 0. The number of benzene rings is 2. The summed E-state index contributed by atoms with van der Waals surface area (Å²) < 4.78 is 40.3. The maximum absolute atomic E-state index is 12.1. The Labute approximate surface area is 153 Å². The molecule has 0 heterocycles. The summed E-state index contributed by atoms with van der Waals surface area (Å²) >= 11 is 0. The van der Waals surface area contributed by atoms with Crippen LogP contribution in [0.3, 0.4) is 0 Å². The molecule has 140 valence electrons. The summed E-state index contributed by atoms with van der Waals surface area (Å²) in [4.78, 5) is 0. The normalized spacial score (nSPS) is 11.8. The van der Waals surface area contributed by atoms with E-state index in [1.54, 1.807) is 12.1 Å². The van der Waals surface area contributed by atoms with Gasteiger partial charge in [0.25, 0.3) is 0 Å². The first-order chi connectivity index (χ1) is 12.5. The van der Waals surface area contributed by atoms with Crippen LogP contribution in [-0.2, 0) is 6.42 Å². The first-order valence-electron chi connectivity index (χ1n) is 9.09. The summed E-state index contributed by atoms with van der Waals surface area (Å²) in [6, 6.07) is 14.2. The van der Waals surface area contributed by atoms with Crippen molar-refractivity contribution < 1.29 is 17.9 Å². The molecule has 0 bridgehead atoms. The highest BCUT2D eigenvalue weighted by Gasteiger charge is 2.30. The van der Waals surface area contributed by atoms with E-state index in [9.17, 15) is 13.2 Å². The van der Waals surface area contributed by atoms with Crippen LogP contribution in [0, 0.1) is 0 Å². The second-order valence-electron chi connectivity index (χ2n) is 6.36. The predicted octanol–water partition coefficient (Wildman–Crippen LogP) is 7.27. The molecule has 0 aliphatic heterocycles. The Bertz CT molecular complexity index is 670. The van der Waals surface area contributed by atoms with Crippen LogP contribution >= 0.6 is 0 Å². The van der Waals surface area contributed by atoms with Crippen LogP contribution in [0.4, 0.5) is 13.2 Å². The Balaban J connectivity index is 1.84. The van der Waals surface area contributed by atoms with E-state index in [2.05, 4.69) is 35.9 Å². The van der Waals surface area contributed by atoms with Gasteiger partial charge in [0.15, 0.2) is 0 Å². The van der Waals surface area contributed by atoms with Crippen molar-refractivity contribution in [3.63, 3.8) is 0 Å². The molecular weight excluding hydrogens is 337 g/mol. The molecule has 26 heavy (non-hydrogen) atoms. The molecular formula is C22H25F3O. The molecule has 2 aromatic carbocycles. The minimum absolute atomic E-state index is 0.210. The Kier molecular flexibility index (Phi) is 7.76. The van der Waals surface area contributed by atoms with Crippen molar-refractivity contribution in [1.82, 2.24) is 0 Å². The topological polar surface area (TPSA) is 9.23 Å². The number of rotatable bonds is 9. The zero-order valence-corrected chi connectivity index (χ0v) is 15.1. The molecule has 0 fully saturated rings. The maximum Gasteiger partial charge on any atom is 0.573 e. The molecule has 0 amide bonds. The first-order valence-corrected chi connectivity index (χ1v) is 9.09. The lowest BCUT2D eigenvalue weighted by Gasteiger charge is -2.08. The van der Waals surface area contributed by atoms with Crippen LogP contribution in [0.5, 0.6) is 5.75 Å². The van der Waals surface area contributed by atoms with E-state index < -0.39 is 6.36 Å². The average Bonchev–Trinajstić information content (AvgIpc) is 2.61. The fourth-order valence-electron chi connectivity index (χ4n) is 2.70. The first kappa shape index (κ1) is 20.1. The number of halogens is 3. The standard InChI is InChI=1S/C22H25F3O/c1-2-3-4-5-6-7-18-8-10-19(11-9-18)12-13-20-14-16-21(17-15-20)26-22(23,24)25/h8-17H,2-7H2,1H3/b13-12+. The van der Waals surface area contributed by atoms with E-state index >= 15 is 0 Å². The lowest BCUT2D eigenvalue weighted by atomic mass is 10.0. The second kappa shape index (κ2) is 10.0. The molecule has 0 aromatic heterocycles. The summed E-state index contributed by atoms with van der Waals surface area (Å²) in [6.07, 6.45) is 6.66. The predicted molar refractivity (Wildman–Crippen MR) is 101 cm³/mol. The van der Waals surface area contributed by atoms with Gasteiger partial charge >= 0.3 is 6.36 Å². The van der Waals surface area contributed by atoms with Gasteiger partial charge in [0, 0.05) is 0 Å². The molecule has 0 aliphatic rings. The Morgan fingerprint density at radius 2 is 1.31 bits per heavy atom.